The number of benzene rings is 2. The lowest BCUT2D eigenvalue weighted by Crippen LogP contribution is -2.25. The summed E-state index contributed by atoms with van der Waals surface area (Å²) >= 11 is 5.76. The van der Waals surface area contributed by atoms with E-state index in [4.69, 9.17) is 11.6 Å². The van der Waals surface area contributed by atoms with Gasteiger partial charge in [0.1, 0.15) is 0 Å². The lowest BCUT2D eigenvalue weighted by molar-refractivity contribution is -0.112. The first-order valence-electron chi connectivity index (χ1n) is 7.40. The summed E-state index contributed by atoms with van der Waals surface area (Å²) in [6.07, 6.45) is 3.83. The van der Waals surface area contributed by atoms with Gasteiger partial charge in [-0.2, -0.15) is 0 Å². The molecule has 126 valence electrons. The Labute approximate surface area is 147 Å². The maximum atomic E-state index is 12.1. The number of nitrogens with one attached hydrogen (secondary N) is 1. The fourth-order valence-electron chi connectivity index (χ4n) is 2.04. The smallest absolute Gasteiger partial charge is 0.240 e. The van der Waals surface area contributed by atoms with Gasteiger partial charge in [0, 0.05) is 11.6 Å². The molecule has 0 bridgehead atoms. The van der Waals surface area contributed by atoms with Gasteiger partial charge in [-0.05, 0) is 54.8 Å². The maximum Gasteiger partial charge on any atom is 0.240 e. The van der Waals surface area contributed by atoms with Gasteiger partial charge in [-0.15, -0.1) is 0 Å². The van der Waals surface area contributed by atoms with Crippen LogP contribution >= 0.6 is 11.6 Å². The van der Waals surface area contributed by atoms with Gasteiger partial charge in [-0.3, -0.25) is 4.79 Å². The van der Waals surface area contributed by atoms with Gasteiger partial charge in [-0.1, -0.05) is 41.9 Å². The summed E-state index contributed by atoms with van der Waals surface area (Å²) in [7, 11) is -3.53. The minimum atomic E-state index is -3.53. The number of sulfonamides is 1. The zero-order valence-electron chi connectivity index (χ0n) is 13.2. The monoisotopic (exact) mass is 363 g/mol. The second kappa shape index (κ2) is 8.24. The van der Waals surface area contributed by atoms with Crippen LogP contribution in [0.3, 0.4) is 0 Å². The third-order valence-corrected chi connectivity index (χ3v) is 5.05. The fraction of sp³-hybridized carbons (Fsp3) is 0.167. The Morgan fingerprint density at radius 1 is 1.08 bits per heavy atom. The highest BCUT2D eigenvalue weighted by atomic mass is 35.5. The van der Waals surface area contributed by atoms with Crippen LogP contribution in [0.5, 0.6) is 0 Å². The minimum Gasteiger partial charge on any atom is -0.295 e. The van der Waals surface area contributed by atoms with Crippen LogP contribution in [-0.2, 0) is 21.2 Å². The van der Waals surface area contributed by atoms with Crippen LogP contribution in [0, 0.1) is 0 Å². The van der Waals surface area contributed by atoms with E-state index in [2.05, 4.69) is 4.72 Å². The Morgan fingerprint density at radius 3 is 2.29 bits per heavy atom. The van der Waals surface area contributed by atoms with E-state index in [1.165, 1.54) is 25.1 Å². The molecule has 2 aromatic carbocycles. The zero-order valence-corrected chi connectivity index (χ0v) is 14.8. The summed E-state index contributed by atoms with van der Waals surface area (Å²) in [5.41, 5.74) is 1.93. The van der Waals surface area contributed by atoms with E-state index in [0.717, 1.165) is 11.1 Å². The number of hydrogen-bond donors (Lipinski definition) is 1. The molecule has 0 radical (unpaired) electrons. The predicted octanol–water partition coefficient (Wildman–Crippen LogP) is 3.46. The fourth-order valence-corrected chi connectivity index (χ4v) is 3.19. The van der Waals surface area contributed by atoms with Crippen molar-refractivity contribution in [3.63, 3.8) is 0 Å². The number of ketones is 1. The molecule has 1 N–H and O–H groups in total. The Bertz CT molecular complexity index is 826. The van der Waals surface area contributed by atoms with Crippen LogP contribution in [0.2, 0.25) is 5.02 Å². The van der Waals surface area contributed by atoms with Gasteiger partial charge in [0.2, 0.25) is 10.0 Å². The third-order valence-electron chi connectivity index (χ3n) is 3.32. The SMILES string of the molecule is CC(=O)C=Cc1ccc(CCNS(=O)(=O)c2ccc(Cl)cc2)cc1. The first kappa shape index (κ1) is 18.4. The normalized spacial score (nSPS) is 11.8. The number of carbonyl (C=O) groups excluding carboxylic acids is 1. The molecule has 2 aromatic rings. The maximum absolute atomic E-state index is 12.1. The van der Waals surface area contributed by atoms with Crippen molar-refractivity contribution in [1.29, 1.82) is 0 Å². The molecule has 0 saturated carbocycles. The predicted molar refractivity (Wildman–Crippen MR) is 96.5 cm³/mol. The average Bonchev–Trinajstić information content (AvgIpc) is 2.54. The number of rotatable bonds is 7. The van der Waals surface area contributed by atoms with Crippen LogP contribution in [0.25, 0.3) is 6.08 Å². The molecule has 0 aromatic heterocycles. The molecule has 0 aliphatic rings. The number of allylic oxidation sites excluding steroid dienone is 1. The largest absolute Gasteiger partial charge is 0.295 e. The molecule has 0 atom stereocenters. The summed E-state index contributed by atoms with van der Waals surface area (Å²) < 4.78 is 26.9. The van der Waals surface area contributed by atoms with Gasteiger partial charge in [-0.25, -0.2) is 13.1 Å². The Balaban J connectivity index is 1.91. The summed E-state index contributed by atoms with van der Waals surface area (Å²) in [5, 5.41) is 0.493. The summed E-state index contributed by atoms with van der Waals surface area (Å²) in [4.78, 5) is 11.1. The van der Waals surface area contributed by atoms with E-state index in [-0.39, 0.29) is 10.7 Å². The molecular weight excluding hydrogens is 346 g/mol. The van der Waals surface area contributed by atoms with E-state index in [9.17, 15) is 13.2 Å². The first-order chi connectivity index (χ1) is 11.4. The van der Waals surface area contributed by atoms with E-state index in [1.807, 2.05) is 24.3 Å². The lowest BCUT2D eigenvalue weighted by Gasteiger charge is -2.07. The zero-order chi connectivity index (χ0) is 17.6. The second-order valence-electron chi connectivity index (χ2n) is 5.29. The molecule has 0 unspecified atom stereocenters. The Hall–Kier alpha value is -1.95. The average molecular weight is 364 g/mol. The standard InChI is InChI=1S/C18H18ClNO3S/c1-14(21)2-3-15-4-6-16(7-5-15)12-13-20-24(22,23)18-10-8-17(19)9-11-18/h2-11,20H,12-13H2,1H3. The molecule has 24 heavy (non-hydrogen) atoms. The topological polar surface area (TPSA) is 63.2 Å². The van der Waals surface area contributed by atoms with Crippen molar-refractivity contribution in [3.05, 3.63) is 70.8 Å². The van der Waals surface area contributed by atoms with E-state index < -0.39 is 10.0 Å². The van der Waals surface area contributed by atoms with Gasteiger partial charge >= 0.3 is 0 Å². The van der Waals surface area contributed by atoms with Crippen LogP contribution in [0.15, 0.2) is 59.5 Å². The Morgan fingerprint density at radius 2 is 1.71 bits per heavy atom. The van der Waals surface area contributed by atoms with Gasteiger partial charge in [0.25, 0.3) is 0 Å². The molecule has 0 amide bonds. The highest BCUT2D eigenvalue weighted by Crippen LogP contribution is 2.14. The third kappa shape index (κ3) is 5.60. The summed E-state index contributed by atoms with van der Waals surface area (Å²) in [6.45, 7) is 1.80. The van der Waals surface area contributed by atoms with Crippen molar-refractivity contribution < 1.29 is 13.2 Å². The van der Waals surface area contributed by atoms with Gasteiger partial charge in [0.05, 0.1) is 4.90 Å². The number of carbonyl (C=O) groups is 1. The molecule has 6 heteroatoms. The summed E-state index contributed by atoms with van der Waals surface area (Å²) in [5.74, 6) is -0.00400. The van der Waals surface area contributed by atoms with Crippen LogP contribution < -0.4 is 4.72 Å². The molecule has 0 fully saturated rings. The molecule has 2 rings (SSSR count). The van der Waals surface area contributed by atoms with Crippen molar-refractivity contribution in [1.82, 2.24) is 4.72 Å². The molecule has 0 heterocycles. The van der Waals surface area contributed by atoms with Crippen molar-refractivity contribution in [2.24, 2.45) is 0 Å². The minimum absolute atomic E-state index is 0.00400. The first-order valence-corrected chi connectivity index (χ1v) is 9.26. The Kier molecular flexibility index (Phi) is 6.31. The van der Waals surface area contributed by atoms with Crippen LogP contribution in [-0.4, -0.2) is 20.7 Å². The van der Waals surface area contributed by atoms with E-state index in [0.29, 0.717) is 18.0 Å². The van der Waals surface area contributed by atoms with Crippen molar-refractivity contribution in [3.8, 4) is 0 Å². The van der Waals surface area contributed by atoms with Crippen molar-refractivity contribution in [2.75, 3.05) is 6.54 Å². The number of halogens is 1. The quantitative estimate of drug-likeness (QED) is 0.766. The molecule has 4 nitrogen and oxygen atoms in total. The molecule has 0 aliphatic heterocycles. The highest BCUT2D eigenvalue weighted by molar-refractivity contribution is 7.89. The lowest BCUT2D eigenvalue weighted by atomic mass is 10.1. The molecule has 0 spiro atoms. The number of hydrogen-bond acceptors (Lipinski definition) is 3. The summed E-state index contributed by atoms with van der Waals surface area (Å²) in [6, 6.07) is 13.6. The molecule has 0 saturated heterocycles. The van der Waals surface area contributed by atoms with E-state index >= 15 is 0 Å². The molecule has 0 aliphatic carbocycles. The van der Waals surface area contributed by atoms with Crippen LogP contribution in [0.4, 0.5) is 0 Å². The van der Waals surface area contributed by atoms with Gasteiger partial charge in [0.15, 0.2) is 5.78 Å². The van der Waals surface area contributed by atoms with Crippen LogP contribution in [0.1, 0.15) is 18.1 Å². The van der Waals surface area contributed by atoms with Crippen molar-refractivity contribution >= 4 is 33.5 Å². The van der Waals surface area contributed by atoms with Crippen molar-refractivity contribution in [2.45, 2.75) is 18.2 Å². The second-order valence-corrected chi connectivity index (χ2v) is 7.49. The molecular formula is C18H18ClNO3S. The highest BCUT2D eigenvalue weighted by Gasteiger charge is 2.12. The van der Waals surface area contributed by atoms with E-state index in [1.54, 1.807) is 18.2 Å². The van der Waals surface area contributed by atoms with Gasteiger partial charge < -0.3 is 0 Å².